The van der Waals surface area contributed by atoms with E-state index >= 15 is 0 Å². The van der Waals surface area contributed by atoms with Crippen LogP contribution in [0.4, 0.5) is 5.13 Å². The molecule has 1 aromatic heterocycles. The van der Waals surface area contributed by atoms with Crippen molar-refractivity contribution in [1.29, 1.82) is 0 Å². The Kier molecular flexibility index (Phi) is 6.56. The minimum Gasteiger partial charge on any atom is -0.493 e. The summed E-state index contributed by atoms with van der Waals surface area (Å²) in [5, 5.41) is 6.85. The SMILES string of the molecule is CCOC(=O)CCOc1ccc(C=NNc2nc(C)cs2)cc1. The lowest BCUT2D eigenvalue weighted by molar-refractivity contribution is -0.143. The average Bonchev–Trinajstić information content (AvgIpc) is 2.95. The predicted octanol–water partition coefficient (Wildman–Crippen LogP) is 3.23. The van der Waals surface area contributed by atoms with E-state index < -0.39 is 0 Å². The zero-order valence-corrected chi connectivity index (χ0v) is 13.9. The molecule has 0 aliphatic heterocycles. The Morgan fingerprint density at radius 1 is 1.39 bits per heavy atom. The van der Waals surface area contributed by atoms with Crippen molar-refractivity contribution in [2.45, 2.75) is 20.3 Å². The van der Waals surface area contributed by atoms with Crippen LogP contribution in [0.3, 0.4) is 0 Å². The summed E-state index contributed by atoms with van der Waals surface area (Å²) in [5.41, 5.74) is 4.78. The fourth-order valence-corrected chi connectivity index (χ4v) is 2.34. The van der Waals surface area contributed by atoms with E-state index in [9.17, 15) is 4.79 Å². The molecule has 0 spiro atoms. The van der Waals surface area contributed by atoms with Crippen LogP contribution < -0.4 is 10.2 Å². The molecular formula is C16H19N3O3S. The maximum atomic E-state index is 11.2. The van der Waals surface area contributed by atoms with E-state index in [1.54, 1.807) is 13.1 Å². The van der Waals surface area contributed by atoms with Crippen LogP contribution in [0.1, 0.15) is 24.6 Å². The zero-order valence-electron chi connectivity index (χ0n) is 13.1. The second-order valence-corrected chi connectivity index (χ2v) is 5.49. The van der Waals surface area contributed by atoms with Crippen molar-refractivity contribution >= 4 is 28.7 Å². The molecule has 0 unspecified atom stereocenters. The molecule has 0 aliphatic carbocycles. The number of hydrogen-bond donors (Lipinski definition) is 1. The molecule has 23 heavy (non-hydrogen) atoms. The van der Waals surface area contributed by atoms with E-state index in [1.165, 1.54) is 11.3 Å². The lowest BCUT2D eigenvalue weighted by Gasteiger charge is -2.06. The summed E-state index contributed by atoms with van der Waals surface area (Å²) in [7, 11) is 0. The van der Waals surface area contributed by atoms with E-state index in [4.69, 9.17) is 9.47 Å². The minimum absolute atomic E-state index is 0.244. The van der Waals surface area contributed by atoms with Crippen molar-refractivity contribution in [3.63, 3.8) is 0 Å². The quantitative estimate of drug-likeness (QED) is 0.456. The highest BCUT2D eigenvalue weighted by Gasteiger charge is 2.02. The number of nitrogens with one attached hydrogen (secondary N) is 1. The Morgan fingerprint density at radius 3 is 2.83 bits per heavy atom. The monoisotopic (exact) mass is 333 g/mol. The van der Waals surface area contributed by atoms with Gasteiger partial charge in [-0.25, -0.2) is 4.98 Å². The summed E-state index contributed by atoms with van der Waals surface area (Å²) >= 11 is 1.51. The first kappa shape index (κ1) is 17.0. The van der Waals surface area contributed by atoms with Crippen molar-refractivity contribution in [3.05, 3.63) is 40.9 Å². The van der Waals surface area contributed by atoms with Gasteiger partial charge in [-0.05, 0) is 43.7 Å². The zero-order chi connectivity index (χ0) is 16.5. The number of anilines is 1. The maximum Gasteiger partial charge on any atom is 0.309 e. The third kappa shape index (κ3) is 6.07. The van der Waals surface area contributed by atoms with Crippen LogP contribution in [0.25, 0.3) is 0 Å². The van der Waals surface area contributed by atoms with Gasteiger partial charge in [-0.3, -0.25) is 10.2 Å². The maximum absolute atomic E-state index is 11.2. The van der Waals surface area contributed by atoms with Crippen LogP contribution in [0, 0.1) is 6.92 Å². The summed E-state index contributed by atoms with van der Waals surface area (Å²) in [6, 6.07) is 7.44. The van der Waals surface area contributed by atoms with Crippen LogP contribution in [0.5, 0.6) is 5.75 Å². The van der Waals surface area contributed by atoms with Crippen molar-refractivity contribution in [1.82, 2.24) is 4.98 Å². The highest BCUT2D eigenvalue weighted by Crippen LogP contribution is 2.14. The van der Waals surface area contributed by atoms with Crippen LogP contribution in [0.2, 0.25) is 0 Å². The Balaban J connectivity index is 1.76. The molecule has 7 heteroatoms. The van der Waals surface area contributed by atoms with Gasteiger partial charge in [0, 0.05) is 5.38 Å². The van der Waals surface area contributed by atoms with E-state index in [1.807, 2.05) is 36.6 Å². The number of benzene rings is 1. The standard InChI is InChI=1S/C16H19N3O3S/c1-3-21-15(20)8-9-22-14-6-4-13(5-7-14)10-17-19-16-18-12(2)11-23-16/h4-7,10-11H,3,8-9H2,1-2H3,(H,18,19). The van der Waals surface area contributed by atoms with Gasteiger partial charge in [-0.1, -0.05) is 0 Å². The normalized spacial score (nSPS) is 10.7. The molecule has 0 atom stereocenters. The molecule has 2 rings (SSSR count). The van der Waals surface area contributed by atoms with Gasteiger partial charge in [-0.2, -0.15) is 5.10 Å². The molecule has 1 N–H and O–H groups in total. The number of aryl methyl sites for hydroxylation is 1. The number of nitrogens with zero attached hydrogens (tertiary/aromatic N) is 2. The third-order valence-corrected chi connectivity index (χ3v) is 3.62. The molecule has 0 bridgehead atoms. The smallest absolute Gasteiger partial charge is 0.309 e. The fourth-order valence-electron chi connectivity index (χ4n) is 1.70. The number of carbonyl (C=O) groups is 1. The number of aromatic nitrogens is 1. The van der Waals surface area contributed by atoms with Crippen molar-refractivity contribution in [2.24, 2.45) is 5.10 Å². The van der Waals surface area contributed by atoms with Crippen LogP contribution >= 0.6 is 11.3 Å². The number of carbonyl (C=O) groups excluding carboxylic acids is 1. The van der Waals surface area contributed by atoms with Crippen molar-refractivity contribution < 1.29 is 14.3 Å². The number of thiazole rings is 1. The van der Waals surface area contributed by atoms with E-state index in [2.05, 4.69) is 15.5 Å². The minimum atomic E-state index is -0.250. The first-order chi connectivity index (χ1) is 11.2. The highest BCUT2D eigenvalue weighted by molar-refractivity contribution is 7.13. The van der Waals surface area contributed by atoms with E-state index in [-0.39, 0.29) is 12.4 Å². The van der Waals surface area contributed by atoms with E-state index in [0.29, 0.717) is 19.0 Å². The van der Waals surface area contributed by atoms with Gasteiger partial charge in [0.15, 0.2) is 0 Å². The molecular weight excluding hydrogens is 314 g/mol. The highest BCUT2D eigenvalue weighted by atomic mass is 32.1. The number of hydrazone groups is 1. The molecule has 1 aromatic carbocycles. The Morgan fingerprint density at radius 2 is 2.17 bits per heavy atom. The molecule has 2 aromatic rings. The Hall–Kier alpha value is -2.41. The van der Waals surface area contributed by atoms with Gasteiger partial charge < -0.3 is 9.47 Å². The van der Waals surface area contributed by atoms with E-state index in [0.717, 1.165) is 16.4 Å². The molecule has 0 saturated carbocycles. The van der Waals surface area contributed by atoms with Crippen LogP contribution in [-0.4, -0.2) is 30.4 Å². The number of esters is 1. The topological polar surface area (TPSA) is 72.8 Å². The summed E-state index contributed by atoms with van der Waals surface area (Å²) in [6.45, 7) is 4.41. The molecule has 6 nitrogen and oxygen atoms in total. The van der Waals surface area contributed by atoms with Gasteiger partial charge in [0.05, 0.1) is 31.5 Å². The average molecular weight is 333 g/mol. The second-order valence-electron chi connectivity index (χ2n) is 4.64. The first-order valence-electron chi connectivity index (χ1n) is 7.27. The van der Waals surface area contributed by atoms with Crippen molar-refractivity contribution in [3.8, 4) is 5.75 Å². The molecule has 122 valence electrons. The van der Waals surface area contributed by atoms with Crippen LogP contribution in [-0.2, 0) is 9.53 Å². The van der Waals surface area contributed by atoms with Gasteiger partial charge >= 0.3 is 5.97 Å². The van der Waals surface area contributed by atoms with Crippen molar-refractivity contribution in [2.75, 3.05) is 18.6 Å². The molecule has 0 amide bonds. The lowest BCUT2D eigenvalue weighted by atomic mass is 10.2. The number of hydrogen-bond acceptors (Lipinski definition) is 7. The number of ether oxygens (including phenoxy) is 2. The molecule has 0 aliphatic rings. The van der Waals surface area contributed by atoms with Gasteiger partial charge in [0.2, 0.25) is 5.13 Å². The second kappa shape index (κ2) is 8.89. The molecule has 0 radical (unpaired) electrons. The lowest BCUT2D eigenvalue weighted by Crippen LogP contribution is -2.09. The fraction of sp³-hybridized carbons (Fsp3) is 0.312. The molecule has 1 heterocycles. The first-order valence-corrected chi connectivity index (χ1v) is 8.15. The Bertz CT molecular complexity index is 653. The van der Waals surface area contributed by atoms with Gasteiger partial charge in [0.25, 0.3) is 0 Å². The molecule has 0 saturated heterocycles. The summed E-state index contributed by atoms with van der Waals surface area (Å²) in [5.74, 6) is 0.453. The summed E-state index contributed by atoms with van der Waals surface area (Å²) in [6.07, 6.45) is 1.95. The summed E-state index contributed by atoms with van der Waals surface area (Å²) < 4.78 is 10.3. The van der Waals surface area contributed by atoms with Gasteiger partial charge in [-0.15, -0.1) is 11.3 Å². The predicted molar refractivity (Wildman–Crippen MR) is 91.3 cm³/mol. The Labute approximate surface area is 139 Å². The summed E-state index contributed by atoms with van der Waals surface area (Å²) in [4.78, 5) is 15.4. The number of rotatable bonds is 8. The largest absolute Gasteiger partial charge is 0.493 e. The van der Waals surface area contributed by atoms with Crippen LogP contribution in [0.15, 0.2) is 34.7 Å². The molecule has 0 fully saturated rings. The van der Waals surface area contributed by atoms with Gasteiger partial charge in [0.1, 0.15) is 5.75 Å². The third-order valence-electron chi connectivity index (χ3n) is 2.75.